The van der Waals surface area contributed by atoms with Gasteiger partial charge in [-0.15, -0.1) is 0 Å². The first-order valence-corrected chi connectivity index (χ1v) is 5.08. The smallest absolute Gasteiger partial charge is 0.341 e. The van der Waals surface area contributed by atoms with Crippen LogP contribution in [-0.2, 0) is 0 Å². The van der Waals surface area contributed by atoms with E-state index in [1.807, 2.05) is 0 Å². The Hall–Kier alpha value is -2.76. The zero-order valence-electron chi connectivity index (χ0n) is 9.22. The van der Waals surface area contributed by atoms with Crippen molar-refractivity contribution in [2.24, 2.45) is 5.10 Å². The van der Waals surface area contributed by atoms with Crippen LogP contribution in [-0.4, -0.2) is 27.0 Å². The maximum absolute atomic E-state index is 11.7. The normalized spacial score (nSPS) is 10.7. The van der Waals surface area contributed by atoms with Gasteiger partial charge < -0.3 is 5.11 Å². The van der Waals surface area contributed by atoms with E-state index in [1.165, 1.54) is 24.5 Å². The number of rotatable bonds is 3. The monoisotopic (exact) mass is 243 g/mol. The molecule has 1 N–H and O–H groups in total. The van der Waals surface area contributed by atoms with Crippen LogP contribution in [0, 0.1) is 0 Å². The lowest BCUT2D eigenvalue weighted by atomic mass is 10.3. The van der Waals surface area contributed by atoms with E-state index < -0.39 is 11.5 Å². The maximum Gasteiger partial charge on any atom is 0.341 e. The second-order valence-electron chi connectivity index (χ2n) is 3.41. The van der Waals surface area contributed by atoms with Crippen molar-refractivity contribution in [1.29, 1.82) is 0 Å². The second kappa shape index (κ2) is 5.05. The molecule has 0 aromatic carbocycles. The van der Waals surface area contributed by atoms with Gasteiger partial charge in [-0.2, -0.15) is 5.10 Å². The minimum atomic E-state index is -1.27. The second-order valence-corrected chi connectivity index (χ2v) is 3.41. The Morgan fingerprint density at radius 2 is 2.22 bits per heavy atom. The van der Waals surface area contributed by atoms with Gasteiger partial charge in [0.15, 0.2) is 0 Å². The van der Waals surface area contributed by atoms with Gasteiger partial charge in [-0.3, -0.25) is 9.78 Å². The van der Waals surface area contributed by atoms with Gasteiger partial charge in [-0.05, 0) is 18.2 Å². The number of aromatic nitrogens is 2. The van der Waals surface area contributed by atoms with Gasteiger partial charge >= 0.3 is 5.97 Å². The fraction of sp³-hybridized carbons (Fsp3) is 0. The van der Waals surface area contributed by atoms with Crippen molar-refractivity contribution in [1.82, 2.24) is 9.66 Å². The topological polar surface area (TPSA) is 84.5 Å². The summed E-state index contributed by atoms with van der Waals surface area (Å²) < 4.78 is 0.969. The van der Waals surface area contributed by atoms with Crippen LogP contribution in [0.1, 0.15) is 15.9 Å². The molecule has 0 amide bonds. The summed E-state index contributed by atoms with van der Waals surface area (Å²) in [6.07, 6.45) is 6.02. The van der Waals surface area contributed by atoms with Gasteiger partial charge in [0.05, 0.1) is 6.21 Å². The molecule has 0 aliphatic heterocycles. The first-order valence-electron chi connectivity index (χ1n) is 5.08. The predicted molar refractivity (Wildman–Crippen MR) is 64.9 cm³/mol. The Bertz CT molecular complexity index is 647. The summed E-state index contributed by atoms with van der Waals surface area (Å²) in [6.45, 7) is 0. The van der Waals surface area contributed by atoms with E-state index in [0.717, 1.165) is 4.68 Å². The number of carbonyl (C=O) groups is 1. The third-order valence-corrected chi connectivity index (χ3v) is 2.17. The summed E-state index contributed by atoms with van der Waals surface area (Å²) in [6, 6.07) is 6.19. The Morgan fingerprint density at radius 1 is 1.39 bits per heavy atom. The largest absolute Gasteiger partial charge is 0.477 e. The Morgan fingerprint density at radius 3 is 2.89 bits per heavy atom. The van der Waals surface area contributed by atoms with E-state index in [0.29, 0.717) is 5.56 Å². The highest BCUT2D eigenvalue weighted by molar-refractivity contribution is 5.87. The van der Waals surface area contributed by atoms with E-state index >= 15 is 0 Å². The molecule has 2 aromatic heterocycles. The predicted octanol–water partition coefficient (Wildman–Crippen LogP) is 0.824. The lowest BCUT2D eigenvalue weighted by Crippen LogP contribution is -2.23. The summed E-state index contributed by atoms with van der Waals surface area (Å²) in [7, 11) is 0. The molecule has 0 saturated heterocycles. The van der Waals surface area contributed by atoms with Gasteiger partial charge in [-0.25, -0.2) is 9.47 Å². The van der Waals surface area contributed by atoms with Crippen LogP contribution in [0.3, 0.4) is 0 Å². The van der Waals surface area contributed by atoms with Crippen molar-refractivity contribution >= 4 is 12.2 Å². The standard InChI is InChI=1S/C12H9N3O3/c16-11-10(12(17)18)4-2-6-15(11)14-8-9-3-1-5-13-7-9/h1-8H,(H,17,18)/b14-8+. The molecule has 0 atom stereocenters. The lowest BCUT2D eigenvalue weighted by Gasteiger charge is -1.99. The van der Waals surface area contributed by atoms with E-state index in [9.17, 15) is 9.59 Å². The maximum atomic E-state index is 11.7. The van der Waals surface area contributed by atoms with Crippen molar-refractivity contribution in [3.05, 3.63) is 64.3 Å². The molecule has 2 rings (SSSR count). The molecule has 18 heavy (non-hydrogen) atoms. The van der Waals surface area contributed by atoms with Crippen molar-refractivity contribution in [2.75, 3.05) is 0 Å². The zero-order valence-corrected chi connectivity index (χ0v) is 9.22. The highest BCUT2D eigenvalue weighted by Crippen LogP contribution is 1.94. The Balaban J connectivity index is 2.36. The molecular weight excluding hydrogens is 234 g/mol. The van der Waals surface area contributed by atoms with Crippen LogP contribution in [0.4, 0.5) is 0 Å². The number of carboxylic acid groups (broad SMARTS) is 1. The number of hydrogen-bond donors (Lipinski definition) is 1. The molecule has 0 radical (unpaired) electrons. The molecule has 0 aliphatic rings. The molecule has 90 valence electrons. The van der Waals surface area contributed by atoms with Gasteiger partial charge in [0, 0.05) is 24.2 Å². The van der Waals surface area contributed by atoms with Crippen molar-refractivity contribution in [2.45, 2.75) is 0 Å². The van der Waals surface area contributed by atoms with Gasteiger partial charge in [0.2, 0.25) is 0 Å². The van der Waals surface area contributed by atoms with Gasteiger partial charge in [0.1, 0.15) is 5.56 Å². The molecule has 0 aliphatic carbocycles. The van der Waals surface area contributed by atoms with Crippen LogP contribution in [0.2, 0.25) is 0 Å². The molecule has 6 nitrogen and oxygen atoms in total. The van der Waals surface area contributed by atoms with Crippen LogP contribution >= 0.6 is 0 Å². The molecule has 0 saturated carbocycles. The van der Waals surface area contributed by atoms with Crippen molar-refractivity contribution in [3.8, 4) is 0 Å². The van der Waals surface area contributed by atoms with E-state index in [1.54, 1.807) is 24.5 Å². The number of nitrogens with zero attached hydrogens (tertiary/aromatic N) is 3. The number of pyridine rings is 2. The fourth-order valence-electron chi connectivity index (χ4n) is 1.32. The van der Waals surface area contributed by atoms with E-state index in [2.05, 4.69) is 10.1 Å². The third kappa shape index (κ3) is 2.49. The molecule has 2 heterocycles. The third-order valence-electron chi connectivity index (χ3n) is 2.17. The lowest BCUT2D eigenvalue weighted by molar-refractivity contribution is 0.0694. The van der Waals surface area contributed by atoms with Gasteiger partial charge in [-0.1, -0.05) is 6.07 Å². The average Bonchev–Trinajstić information content (AvgIpc) is 2.38. The minimum Gasteiger partial charge on any atom is -0.477 e. The minimum absolute atomic E-state index is 0.319. The highest BCUT2D eigenvalue weighted by atomic mass is 16.4. The molecule has 0 spiro atoms. The molecule has 0 fully saturated rings. The first-order chi connectivity index (χ1) is 8.68. The molecule has 0 unspecified atom stereocenters. The van der Waals surface area contributed by atoms with Crippen LogP contribution in [0.5, 0.6) is 0 Å². The Kier molecular flexibility index (Phi) is 3.29. The van der Waals surface area contributed by atoms with Crippen LogP contribution in [0.25, 0.3) is 0 Å². The summed E-state index contributed by atoms with van der Waals surface area (Å²) in [5, 5.41) is 12.7. The van der Waals surface area contributed by atoms with Crippen LogP contribution in [0.15, 0.2) is 52.8 Å². The van der Waals surface area contributed by atoms with E-state index in [4.69, 9.17) is 5.11 Å². The summed E-state index contributed by atoms with van der Waals surface area (Å²) in [4.78, 5) is 26.3. The number of aromatic carboxylic acids is 1. The van der Waals surface area contributed by atoms with Crippen molar-refractivity contribution in [3.63, 3.8) is 0 Å². The highest BCUT2D eigenvalue weighted by Gasteiger charge is 2.08. The molecule has 0 bridgehead atoms. The van der Waals surface area contributed by atoms with Crippen LogP contribution < -0.4 is 5.56 Å². The summed E-state index contributed by atoms with van der Waals surface area (Å²) in [5.74, 6) is -1.27. The molecular formula is C12H9N3O3. The molecule has 2 aromatic rings. The molecule has 6 heteroatoms. The Labute approximate surface area is 102 Å². The van der Waals surface area contributed by atoms with Crippen molar-refractivity contribution < 1.29 is 9.90 Å². The number of carboxylic acids is 1. The number of hydrogen-bond acceptors (Lipinski definition) is 4. The summed E-state index contributed by atoms with van der Waals surface area (Å²) in [5.41, 5.74) is -0.281. The first kappa shape index (κ1) is 11.7. The summed E-state index contributed by atoms with van der Waals surface area (Å²) >= 11 is 0. The fourth-order valence-corrected chi connectivity index (χ4v) is 1.32. The zero-order chi connectivity index (χ0) is 13.0. The van der Waals surface area contributed by atoms with E-state index in [-0.39, 0.29) is 5.56 Å². The van der Waals surface area contributed by atoms with Gasteiger partial charge in [0.25, 0.3) is 5.56 Å². The average molecular weight is 243 g/mol. The SMILES string of the molecule is O=C(O)c1cccn(/N=C/c2cccnc2)c1=O. The quantitative estimate of drug-likeness (QED) is 0.809.